The van der Waals surface area contributed by atoms with Crippen molar-refractivity contribution in [2.45, 2.75) is 13.3 Å². The molecule has 2 nitrogen and oxygen atoms in total. The van der Waals surface area contributed by atoms with Gasteiger partial charge < -0.3 is 0 Å². The summed E-state index contributed by atoms with van der Waals surface area (Å²) < 4.78 is 25.4. The summed E-state index contributed by atoms with van der Waals surface area (Å²) in [5.74, 6) is -0.547. The standard InChI is InChI=1S/C10H7BrF2O2/c1-5(15)9-6(10(12)13)2-3-8(11)7(9)4-14/h2-4,10H,1H3. The molecule has 1 aromatic rings. The quantitative estimate of drug-likeness (QED) is 0.626. The second-order valence-corrected chi connectivity index (χ2v) is 3.75. The first-order valence-corrected chi connectivity index (χ1v) is 4.85. The fraction of sp³-hybridized carbons (Fsp3) is 0.200. The van der Waals surface area contributed by atoms with E-state index in [2.05, 4.69) is 15.9 Å². The molecule has 0 amide bonds. The summed E-state index contributed by atoms with van der Waals surface area (Å²) in [6.45, 7) is 1.15. The van der Waals surface area contributed by atoms with Crippen LogP contribution in [0.3, 0.4) is 0 Å². The normalized spacial score (nSPS) is 10.5. The van der Waals surface area contributed by atoms with Gasteiger partial charge in [-0.05, 0) is 13.0 Å². The summed E-state index contributed by atoms with van der Waals surface area (Å²) in [4.78, 5) is 21.9. The molecule has 1 rings (SSSR count). The van der Waals surface area contributed by atoms with Crippen molar-refractivity contribution in [2.75, 3.05) is 0 Å². The van der Waals surface area contributed by atoms with Gasteiger partial charge in [0.25, 0.3) is 6.43 Å². The number of halogens is 3. The van der Waals surface area contributed by atoms with Crippen LogP contribution in [-0.2, 0) is 0 Å². The van der Waals surface area contributed by atoms with Gasteiger partial charge in [-0.1, -0.05) is 22.0 Å². The first kappa shape index (κ1) is 12.0. The van der Waals surface area contributed by atoms with E-state index in [4.69, 9.17) is 0 Å². The van der Waals surface area contributed by atoms with E-state index in [-0.39, 0.29) is 11.1 Å². The lowest BCUT2D eigenvalue weighted by atomic mass is 9.99. The molecular weight excluding hydrogens is 270 g/mol. The molecule has 0 spiro atoms. The topological polar surface area (TPSA) is 34.1 Å². The lowest BCUT2D eigenvalue weighted by Gasteiger charge is -2.09. The number of carbonyl (C=O) groups excluding carboxylic acids is 2. The van der Waals surface area contributed by atoms with Crippen LogP contribution in [-0.4, -0.2) is 12.1 Å². The number of carbonyl (C=O) groups is 2. The van der Waals surface area contributed by atoms with Crippen molar-refractivity contribution in [2.24, 2.45) is 0 Å². The molecule has 15 heavy (non-hydrogen) atoms. The number of ketones is 1. The van der Waals surface area contributed by atoms with E-state index in [1.807, 2.05) is 0 Å². The van der Waals surface area contributed by atoms with Crippen LogP contribution in [0, 0.1) is 0 Å². The second kappa shape index (κ2) is 4.61. The molecule has 0 aromatic heterocycles. The Morgan fingerprint density at radius 3 is 2.47 bits per heavy atom. The van der Waals surface area contributed by atoms with Gasteiger partial charge in [0, 0.05) is 21.2 Å². The number of benzene rings is 1. The number of rotatable bonds is 3. The maximum Gasteiger partial charge on any atom is 0.264 e. The van der Waals surface area contributed by atoms with E-state index in [0.717, 1.165) is 13.0 Å². The monoisotopic (exact) mass is 276 g/mol. The average Bonchev–Trinajstić information content (AvgIpc) is 2.16. The lowest BCUT2D eigenvalue weighted by molar-refractivity contribution is 0.0990. The third-order valence-electron chi connectivity index (χ3n) is 1.93. The molecule has 0 atom stereocenters. The van der Waals surface area contributed by atoms with Crippen LogP contribution in [0.5, 0.6) is 0 Å². The maximum atomic E-state index is 12.6. The Kier molecular flexibility index (Phi) is 3.68. The number of alkyl halides is 2. The van der Waals surface area contributed by atoms with Gasteiger partial charge in [-0.25, -0.2) is 8.78 Å². The third kappa shape index (κ3) is 2.28. The molecule has 5 heteroatoms. The van der Waals surface area contributed by atoms with Gasteiger partial charge in [-0.2, -0.15) is 0 Å². The van der Waals surface area contributed by atoms with Gasteiger partial charge in [-0.15, -0.1) is 0 Å². The minimum Gasteiger partial charge on any atom is -0.298 e. The van der Waals surface area contributed by atoms with Crippen LogP contribution >= 0.6 is 15.9 Å². The van der Waals surface area contributed by atoms with Crippen molar-refractivity contribution in [1.29, 1.82) is 0 Å². The van der Waals surface area contributed by atoms with Crippen molar-refractivity contribution >= 4 is 28.0 Å². The fourth-order valence-electron chi connectivity index (χ4n) is 1.30. The first-order valence-electron chi connectivity index (χ1n) is 4.05. The van der Waals surface area contributed by atoms with Crippen LogP contribution < -0.4 is 0 Å². The summed E-state index contributed by atoms with van der Waals surface area (Å²) in [5, 5.41) is 0. The van der Waals surface area contributed by atoms with Crippen LogP contribution in [0.4, 0.5) is 8.78 Å². The average molecular weight is 277 g/mol. The van der Waals surface area contributed by atoms with Crippen molar-refractivity contribution in [3.05, 3.63) is 33.3 Å². The first-order chi connectivity index (χ1) is 6.99. The highest BCUT2D eigenvalue weighted by molar-refractivity contribution is 9.10. The lowest BCUT2D eigenvalue weighted by Crippen LogP contribution is -2.06. The molecule has 0 radical (unpaired) electrons. The van der Waals surface area contributed by atoms with Crippen LogP contribution in [0.2, 0.25) is 0 Å². The van der Waals surface area contributed by atoms with Crippen LogP contribution in [0.15, 0.2) is 16.6 Å². The number of Topliss-reactive ketones (excluding diaryl/α,β-unsaturated/α-hetero) is 1. The SMILES string of the molecule is CC(=O)c1c(C(F)F)ccc(Br)c1C=O. The molecule has 0 saturated heterocycles. The third-order valence-corrected chi connectivity index (χ3v) is 2.62. The van der Waals surface area contributed by atoms with Gasteiger partial charge in [0.2, 0.25) is 0 Å². The summed E-state index contributed by atoms with van der Waals surface area (Å²) >= 11 is 3.03. The zero-order valence-electron chi connectivity index (χ0n) is 7.76. The molecule has 0 aliphatic rings. The number of hydrogen-bond donors (Lipinski definition) is 0. The predicted octanol–water partition coefficient (Wildman–Crippen LogP) is 3.40. The van der Waals surface area contributed by atoms with E-state index in [0.29, 0.717) is 10.8 Å². The highest BCUT2D eigenvalue weighted by Gasteiger charge is 2.20. The minimum absolute atomic E-state index is 0.0275. The van der Waals surface area contributed by atoms with E-state index >= 15 is 0 Å². The Hall–Kier alpha value is -1.10. The summed E-state index contributed by atoms with van der Waals surface area (Å²) in [6.07, 6.45) is -2.37. The van der Waals surface area contributed by atoms with Gasteiger partial charge in [0.1, 0.15) is 0 Å². The van der Waals surface area contributed by atoms with E-state index in [1.54, 1.807) is 0 Å². The largest absolute Gasteiger partial charge is 0.298 e. The second-order valence-electron chi connectivity index (χ2n) is 2.90. The molecule has 80 valence electrons. The Bertz CT molecular complexity index is 416. The van der Waals surface area contributed by atoms with Crippen molar-refractivity contribution < 1.29 is 18.4 Å². The fourth-order valence-corrected chi connectivity index (χ4v) is 1.72. The molecule has 0 heterocycles. The maximum absolute atomic E-state index is 12.6. The van der Waals surface area contributed by atoms with Gasteiger partial charge >= 0.3 is 0 Å². The Morgan fingerprint density at radius 2 is 2.07 bits per heavy atom. The molecule has 0 unspecified atom stereocenters. The Labute approximate surface area is 93.4 Å². The Morgan fingerprint density at radius 1 is 1.47 bits per heavy atom. The molecule has 0 N–H and O–H groups in total. The van der Waals surface area contributed by atoms with Crippen molar-refractivity contribution in [3.8, 4) is 0 Å². The van der Waals surface area contributed by atoms with Gasteiger partial charge in [-0.3, -0.25) is 9.59 Å². The molecule has 0 fully saturated rings. The number of hydrogen-bond acceptors (Lipinski definition) is 2. The van der Waals surface area contributed by atoms with Crippen molar-refractivity contribution in [1.82, 2.24) is 0 Å². The van der Waals surface area contributed by atoms with E-state index in [1.165, 1.54) is 6.07 Å². The number of aldehydes is 1. The van der Waals surface area contributed by atoms with E-state index < -0.39 is 17.8 Å². The zero-order chi connectivity index (χ0) is 11.6. The summed E-state index contributed by atoms with van der Waals surface area (Å²) in [7, 11) is 0. The zero-order valence-corrected chi connectivity index (χ0v) is 9.35. The van der Waals surface area contributed by atoms with Gasteiger partial charge in [0.05, 0.1) is 0 Å². The molecule has 0 bridgehead atoms. The highest BCUT2D eigenvalue weighted by Crippen LogP contribution is 2.29. The summed E-state index contributed by atoms with van der Waals surface area (Å²) in [6, 6.07) is 2.47. The van der Waals surface area contributed by atoms with Gasteiger partial charge in [0.15, 0.2) is 12.1 Å². The Balaban J connectivity index is 3.56. The van der Waals surface area contributed by atoms with E-state index in [9.17, 15) is 18.4 Å². The smallest absolute Gasteiger partial charge is 0.264 e. The van der Waals surface area contributed by atoms with Crippen LogP contribution in [0.1, 0.15) is 39.6 Å². The molecule has 0 saturated carbocycles. The molecule has 1 aromatic carbocycles. The molecule has 0 aliphatic heterocycles. The van der Waals surface area contributed by atoms with Crippen molar-refractivity contribution in [3.63, 3.8) is 0 Å². The highest BCUT2D eigenvalue weighted by atomic mass is 79.9. The predicted molar refractivity (Wildman–Crippen MR) is 54.5 cm³/mol. The molecule has 0 aliphatic carbocycles. The summed E-state index contributed by atoms with van der Waals surface area (Å²) in [5.41, 5.74) is -0.650. The van der Waals surface area contributed by atoms with Crippen LogP contribution in [0.25, 0.3) is 0 Å². The molecular formula is C10H7BrF2O2. The minimum atomic E-state index is -2.77.